The van der Waals surface area contributed by atoms with E-state index in [1.165, 1.54) is 18.7 Å². The molecule has 2 fully saturated rings. The minimum Gasteiger partial charge on any atom is -0.391 e. The molecule has 0 saturated carbocycles. The Morgan fingerprint density at radius 2 is 0.902 bits per heavy atom. The molecule has 3 aromatic carbocycles. The zero-order chi connectivity index (χ0) is 67.9. The van der Waals surface area contributed by atoms with Crippen LogP contribution in [0.3, 0.4) is 0 Å². The summed E-state index contributed by atoms with van der Waals surface area (Å²) >= 11 is 0. The lowest BCUT2D eigenvalue weighted by molar-refractivity contribution is -0.143. The second kappa shape index (κ2) is 34.9. The number of aliphatic hydroxyl groups is 1. The van der Waals surface area contributed by atoms with Crippen LogP contribution in [0.15, 0.2) is 91.0 Å². The fourth-order valence-corrected chi connectivity index (χ4v) is 10.5. The molecule has 0 radical (unpaired) electrons. The van der Waals surface area contributed by atoms with Gasteiger partial charge in [0.2, 0.25) is 82.7 Å². The van der Waals surface area contributed by atoms with Crippen LogP contribution in [0.5, 0.6) is 0 Å². The number of carbonyl (C=O) groups excluding carboxylic acids is 14. The van der Waals surface area contributed by atoms with Gasteiger partial charge in [0.1, 0.15) is 60.4 Å². The quantitative estimate of drug-likeness (QED) is 0.0273. The Labute approximate surface area is 531 Å². The summed E-state index contributed by atoms with van der Waals surface area (Å²) < 4.78 is 0. The molecule has 0 spiro atoms. The fourth-order valence-electron chi connectivity index (χ4n) is 10.5. The van der Waals surface area contributed by atoms with E-state index in [9.17, 15) is 72.2 Å². The van der Waals surface area contributed by atoms with Crippen LogP contribution in [0.2, 0.25) is 0 Å². The highest BCUT2D eigenvalue weighted by Crippen LogP contribution is 2.21. The van der Waals surface area contributed by atoms with Gasteiger partial charge < -0.3 is 85.7 Å². The van der Waals surface area contributed by atoms with Gasteiger partial charge in [0.15, 0.2) is 0 Å². The molecule has 2 aliphatic rings. The maximum Gasteiger partial charge on any atom is 0.245 e. The predicted octanol–water partition coefficient (Wildman–Crippen LogP) is -4.67. The van der Waals surface area contributed by atoms with Crippen molar-refractivity contribution >= 4 is 82.7 Å². The van der Waals surface area contributed by atoms with Gasteiger partial charge in [-0.05, 0) is 69.1 Å². The van der Waals surface area contributed by atoms with E-state index in [0.29, 0.717) is 24.0 Å². The molecule has 498 valence electrons. The third-order valence-electron chi connectivity index (χ3n) is 15.5. The molecule has 3 unspecified atom stereocenters. The van der Waals surface area contributed by atoms with Gasteiger partial charge in [0.25, 0.3) is 0 Å². The molecule has 30 heteroatoms. The third-order valence-corrected chi connectivity index (χ3v) is 15.5. The summed E-state index contributed by atoms with van der Waals surface area (Å²) in [5.74, 6) is -12.7. The second-order valence-electron chi connectivity index (χ2n) is 23.2. The number of aliphatic hydroxyl groups excluding tert-OH is 1. The van der Waals surface area contributed by atoms with Crippen LogP contribution in [-0.2, 0) is 86.4 Å². The molecule has 3 aromatic rings. The van der Waals surface area contributed by atoms with Crippen molar-refractivity contribution in [1.82, 2.24) is 57.7 Å². The first-order chi connectivity index (χ1) is 43.5. The van der Waals surface area contributed by atoms with Crippen molar-refractivity contribution in [3.05, 3.63) is 108 Å². The largest absolute Gasteiger partial charge is 0.391 e. The van der Waals surface area contributed by atoms with Crippen LogP contribution in [0, 0.1) is 5.92 Å². The van der Waals surface area contributed by atoms with Gasteiger partial charge in [-0.2, -0.15) is 0 Å². The molecule has 0 aliphatic carbocycles. The molecular formula is C62H85N15O15. The van der Waals surface area contributed by atoms with Gasteiger partial charge in [-0.1, -0.05) is 105 Å². The Bertz CT molecular complexity index is 3140. The van der Waals surface area contributed by atoms with E-state index in [4.69, 9.17) is 22.9 Å². The highest BCUT2D eigenvalue weighted by atomic mass is 16.3. The number of amides is 14. The Balaban J connectivity index is 1.19. The van der Waals surface area contributed by atoms with Crippen LogP contribution in [0.25, 0.3) is 0 Å². The topological polar surface area (TPSA) is 478 Å². The molecule has 0 bridgehead atoms. The summed E-state index contributed by atoms with van der Waals surface area (Å²) in [5.41, 5.74) is 24.1. The number of hydrogen-bond acceptors (Lipinski definition) is 16. The molecule has 30 nitrogen and oxygen atoms in total. The van der Waals surface area contributed by atoms with E-state index in [-0.39, 0.29) is 45.2 Å². The number of likely N-dealkylation sites (tertiary alicyclic amines) is 2. The van der Waals surface area contributed by atoms with Crippen molar-refractivity contribution in [2.24, 2.45) is 28.9 Å². The number of nitrogens with one attached hydrogen (secondary N) is 9. The van der Waals surface area contributed by atoms with Crippen molar-refractivity contribution in [1.29, 1.82) is 0 Å². The zero-order valence-electron chi connectivity index (χ0n) is 52.0. The van der Waals surface area contributed by atoms with Gasteiger partial charge in [-0.3, -0.25) is 67.1 Å². The van der Waals surface area contributed by atoms with Crippen molar-refractivity contribution in [3.8, 4) is 0 Å². The Morgan fingerprint density at radius 1 is 0.467 bits per heavy atom. The molecular weight excluding hydrogens is 1190 g/mol. The molecule has 2 saturated heterocycles. The van der Waals surface area contributed by atoms with Crippen molar-refractivity contribution < 1.29 is 72.2 Å². The van der Waals surface area contributed by atoms with Gasteiger partial charge in [-0.15, -0.1) is 0 Å². The maximum absolute atomic E-state index is 14.1. The van der Waals surface area contributed by atoms with Crippen LogP contribution in [0.4, 0.5) is 0 Å². The number of carbonyl (C=O) groups is 14. The fraction of sp³-hybridized carbons (Fsp3) is 0.484. The van der Waals surface area contributed by atoms with Gasteiger partial charge in [-0.25, -0.2) is 0 Å². The normalized spacial score (nSPS) is 17.7. The summed E-state index contributed by atoms with van der Waals surface area (Å²) in [6.07, 6.45) is -2.02. The lowest BCUT2D eigenvalue weighted by atomic mass is 10.0. The second-order valence-corrected chi connectivity index (χ2v) is 23.2. The zero-order valence-corrected chi connectivity index (χ0v) is 52.0. The highest BCUT2D eigenvalue weighted by molar-refractivity contribution is 6.00. The number of rotatable bonds is 33. The average Bonchev–Trinajstić information content (AvgIpc) is 1.71. The molecule has 2 heterocycles. The molecule has 12 atom stereocenters. The molecule has 5 rings (SSSR count). The standard InChI is InChI=1S/C62H85N15O15/c1-33(2)50(60(90)67-32-49(81)76-25-15-23-45(76)58(88)72-43(29-39-21-13-8-14-22-39)55(85)68-34(3)53(83)70-41(52(66)82)27-37-17-9-6-10-18-37)74-57(87)44(31-48(65)80)73-61(91)51(36(5)78)75-59(89)46-24-16-26-77(46)62(92)35(4)69-56(86)42(28-38-19-11-7-12-20-38)71-54(84)40(63)30-47(64)79/h6-14,17-22,33-36,40-46,50-51,78H,15-16,23-32,63H2,1-5H3,(H2,64,79)(H2,65,80)(H2,66,82)(H,67,90)(H,68,85)(H,69,86)(H,70,83)(H,71,84)(H,72,88)(H,73,91)(H,74,87)(H,75,89)/t34-,35-,36?,40-,41-,42-,43-,44-,45?,46?,50-,51-/m0/s1. The molecule has 0 aromatic heterocycles. The Kier molecular flexibility index (Phi) is 27.7. The van der Waals surface area contributed by atoms with E-state index in [1.54, 1.807) is 105 Å². The van der Waals surface area contributed by atoms with Crippen molar-refractivity contribution in [2.45, 2.75) is 165 Å². The Hall–Kier alpha value is -9.84. The van der Waals surface area contributed by atoms with Gasteiger partial charge in [0.05, 0.1) is 31.5 Å². The highest BCUT2D eigenvalue weighted by Gasteiger charge is 2.42. The molecule has 2 aliphatic heterocycles. The molecule has 92 heavy (non-hydrogen) atoms. The summed E-state index contributed by atoms with van der Waals surface area (Å²) in [5, 5.41) is 33.4. The number of hydrogen-bond donors (Lipinski definition) is 14. The predicted molar refractivity (Wildman–Crippen MR) is 331 cm³/mol. The van der Waals surface area contributed by atoms with Crippen LogP contribution >= 0.6 is 0 Å². The lowest BCUT2D eigenvalue weighted by Gasteiger charge is -2.30. The van der Waals surface area contributed by atoms with Crippen LogP contribution in [0.1, 0.15) is 89.8 Å². The minimum absolute atomic E-state index is 0.0244. The van der Waals surface area contributed by atoms with Gasteiger partial charge >= 0.3 is 0 Å². The summed E-state index contributed by atoms with van der Waals surface area (Å²) in [6.45, 7) is 6.45. The smallest absolute Gasteiger partial charge is 0.245 e. The number of nitrogens with two attached hydrogens (primary N) is 4. The first-order valence-electron chi connectivity index (χ1n) is 30.3. The van der Waals surface area contributed by atoms with Crippen LogP contribution in [-0.4, -0.2) is 190 Å². The number of nitrogens with zero attached hydrogens (tertiary/aromatic N) is 2. The van der Waals surface area contributed by atoms with Crippen molar-refractivity contribution in [2.75, 3.05) is 19.6 Å². The average molecular weight is 1280 g/mol. The monoisotopic (exact) mass is 1280 g/mol. The summed E-state index contributed by atoms with van der Waals surface area (Å²) in [6, 6.07) is 11.2. The van der Waals surface area contributed by atoms with E-state index >= 15 is 0 Å². The molecule has 18 N–H and O–H groups in total. The van der Waals surface area contributed by atoms with E-state index in [0.717, 1.165) is 17.4 Å². The lowest BCUT2D eigenvalue weighted by Crippen LogP contribution is -2.62. The van der Waals surface area contributed by atoms with Crippen LogP contribution < -0.4 is 70.8 Å². The third kappa shape index (κ3) is 22.0. The van der Waals surface area contributed by atoms with E-state index in [2.05, 4.69) is 47.9 Å². The number of primary amides is 3. The number of benzene rings is 3. The van der Waals surface area contributed by atoms with E-state index < -0.39 is 181 Å². The Morgan fingerprint density at radius 3 is 1.39 bits per heavy atom. The van der Waals surface area contributed by atoms with Gasteiger partial charge in [0, 0.05) is 32.4 Å². The maximum atomic E-state index is 14.1. The minimum atomic E-state index is -1.81. The van der Waals surface area contributed by atoms with Crippen molar-refractivity contribution in [3.63, 3.8) is 0 Å². The first kappa shape index (κ1) is 72.9. The first-order valence-corrected chi connectivity index (χ1v) is 30.3. The van der Waals surface area contributed by atoms with E-state index in [1.807, 2.05) is 0 Å². The summed E-state index contributed by atoms with van der Waals surface area (Å²) in [7, 11) is 0. The molecule has 14 amide bonds. The summed E-state index contributed by atoms with van der Waals surface area (Å²) in [4.78, 5) is 190. The SMILES string of the molecule is CC(C)[C@H](NC(=O)[C@H](CC(N)=O)NC(=O)[C@@H](NC(=O)C1CCCN1C(=O)[C@H](C)NC(=O)[C@H](Cc1ccccc1)NC(=O)[C@@H](N)CC(N)=O)C(C)O)C(=O)NCC(=O)N1CCCC1C(=O)N[C@@H](Cc1ccccc1)C(=O)N[C@@H](C)C(=O)N[C@@H](Cc1ccccc1)C(N)=O.